The number of ketones is 1. The first-order valence-electron chi connectivity index (χ1n) is 8.70. The van der Waals surface area contributed by atoms with Crippen molar-refractivity contribution in [3.8, 4) is 0 Å². The summed E-state index contributed by atoms with van der Waals surface area (Å²) in [6.45, 7) is 2.21. The molecule has 126 valence electrons. The number of carboxylic acids is 1. The van der Waals surface area contributed by atoms with Gasteiger partial charge in [0.15, 0.2) is 0 Å². The lowest BCUT2D eigenvalue weighted by atomic mass is 10.1. The van der Waals surface area contributed by atoms with E-state index in [0.29, 0.717) is 25.0 Å². The van der Waals surface area contributed by atoms with E-state index in [9.17, 15) is 9.59 Å². The van der Waals surface area contributed by atoms with Gasteiger partial charge in [-0.2, -0.15) is 0 Å². The van der Waals surface area contributed by atoms with Gasteiger partial charge in [-0.1, -0.05) is 50.5 Å². The Balaban J connectivity index is 3.40. The summed E-state index contributed by atoms with van der Waals surface area (Å²) >= 11 is 0. The van der Waals surface area contributed by atoms with Gasteiger partial charge in [-0.15, -0.1) is 0 Å². The van der Waals surface area contributed by atoms with Crippen LogP contribution >= 0.6 is 0 Å². The van der Waals surface area contributed by atoms with Gasteiger partial charge in [-0.05, 0) is 38.5 Å². The number of allylic oxidation sites excluding steroid dienone is 4. The Morgan fingerprint density at radius 2 is 1.27 bits per heavy atom. The lowest BCUT2D eigenvalue weighted by molar-refractivity contribution is -0.137. The Hall–Kier alpha value is -1.38. The maximum atomic E-state index is 11.6. The van der Waals surface area contributed by atoms with Gasteiger partial charge in [0.25, 0.3) is 0 Å². The van der Waals surface area contributed by atoms with E-state index in [1.54, 1.807) is 0 Å². The number of rotatable bonds is 15. The van der Waals surface area contributed by atoms with Gasteiger partial charge in [0.2, 0.25) is 0 Å². The van der Waals surface area contributed by atoms with Crippen LogP contribution in [0.25, 0.3) is 0 Å². The highest BCUT2D eigenvalue weighted by molar-refractivity contribution is 5.78. The summed E-state index contributed by atoms with van der Waals surface area (Å²) in [7, 11) is 0. The second-order valence-corrected chi connectivity index (χ2v) is 5.69. The van der Waals surface area contributed by atoms with Gasteiger partial charge >= 0.3 is 5.97 Å². The van der Waals surface area contributed by atoms with Crippen LogP contribution in [0, 0.1) is 0 Å². The minimum atomic E-state index is -0.748. The highest BCUT2D eigenvalue weighted by Gasteiger charge is 1.98. The largest absolute Gasteiger partial charge is 0.481 e. The quantitative estimate of drug-likeness (QED) is 0.323. The first kappa shape index (κ1) is 20.6. The summed E-state index contributed by atoms with van der Waals surface area (Å²) in [5, 5.41) is 8.49. The highest BCUT2D eigenvalue weighted by atomic mass is 16.4. The molecule has 0 saturated carbocycles. The minimum Gasteiger partial charge on any atom is -0.481 e. The predicted octanol–water partition coefficient (Wildman–Crippen LogP) is 5.45. The van der Waals surface area contributed by atoms with Crippen LogP contribution in [0.4, 0.5) is 0 Å². The van der Waals surface area contributed by atoms with E-state index in [0.717, 1.165) is 25.7 Å². The van der Waals surface area contributed by atoms with Crippen molar-refractivity contribution in [2.45, 2.75) is 84.0 Å². The molecule has 22 heavy (non-hydrogen) atoms. The van der Waals surface area contributed by atoms with Crippen LogP contribution < -0.4 is 0 Å². The lowest BCUT2D eigenvalue weighted by Gasteiger charge is -1.96. The lowest BCUT2D eigenvalue weighted by Crippen LogP contribution is -1.95. The topological polar surface area (TPSA) is 54.4 Å². The molecular weight excluding hydrogens is 276 g/mol. The van der Waals surface area contributed by atoms with E-state index in [1.165, 1.54) is 25.7 Å². The molecule has 3 nitrogen and oxygen atoms in total. The SMILES string of the molecule is CCCCCCC=CCCC(=O)CCC=CCCCC(=O)O. The number of unbranched alkanes of at least 4 members (excludes halogenated alkanes) is 5. The molecule has 0 amide bonds. The molecule has 0 aromatic rings. The van der Waals surface area contributed by atoms with E-state index in [4.69, 9.17) is 5.11 Å². The van der Waals surface area contributed by atoms with Crippen molar-refractivity contribution in [3.05, 3.63) is 24.3 Å². The molecule has 0 atom stereocenters. The standard InChI is InChI=1S/C19H32O3/c1-2-3-4-5-6-7-9-12-15-18(20)16-13-10-8-11-14-17-19(21)22/h7-10H,2-6,11-17H2,1H3,(H,21,22). The van der Waals surface area contributed by atoms with Crippen LogP contribution in [0.1, 0.15) is 84.0 Å². The fraction of sp³-hybridized carbons (Fsp3) is 0.684. The maximum absolute atomic E-state index is 11.6. The van der Waals surface area contributed by atoms with Crippen molar-refractivity contribution >= 4 is 11.8 Å². The molecule has 0 bridgehead atoms. The number of carboxylic acid groups (broad SMARTS) is 1. The van der Waals surface area contributed by atoms with E-state index < -0.39 is 5.97 Å². The van der Waals surface area contributed by atoms with E-state index >= 15 is 0 Å². The average molecular weight is 308 g/mol. The van der Waals surface area contributed by atoms with Crippen molar-refractivity contribution in [2.75, 3.05) is 0 Å². The van der Waals surface area contributed by atoms with Crippen molar-refractivity contribution in [1.82, 2.24) is 0 Å². The van der Waals surface area contributed by atoms with Gasteiger partial charge in [-0.3, -0.25) is 9.59 Å². The van der Waals surface area contributed by atoms with E-state index in [1.807, 2.05) is 12.2 Å². The Kier molecular flexibility index (Phi) is 15.0. The number of Topliss-reactive ketones (excluding diaryl/α,β-unsaturated/α-hetero) is 1. The van der Waals surface area contributed by atoms with Crippen LogP contribution in [-0.2, 0) is 9.59 Å². The Labute approximate surface area is 135 Å². The molecular formula is C19H32O3. The first-order chi connectivity index (χ1) is 10.7. The molecule has 0 aliphatic heterocycles. The molecule has 0 aromatic heterocycles. The second-order valence-electron chi connectivity index (χ2n) is 5.69. The third kappa shape index (κ3) is 16.7. The third-order valence-electron chi connectivity index (χ3n) is 3.50. The second kappa shape index (κ2) is 16.0. The fourth-order valence-electron chi connectivity index (χ4n) is 2.15. The fourth-order valence-corrected chi connectivity index (χ4v) is 2.15. The van der Waals surface area contributed by atoms with Gasteiger partial charge in [0.1, 0.15) is 5.78 Å². The van der Waals surface area contributed by atoms with Crippen LogP contribution in [0.15, 0.2) is 24.3 Å². The number of hydrogen-bond acceptors (Lipinski definition) is 2. The molecule has 0 unspecified atom stereocenters. The van der Waals surface area contributed by atoms with Crippen LogP contribution in [0.5, 0.6) is 0 Å². The van der Waals surface area contributed by atoms with Gasteiger partial charge in [0, 0.05) is 19.3 Å². The summed E-state index contributed by atoms with van der Waals surface area (Å²) in [5.74, 6) is -0.437. The molecule has 0 fully saturated rings. The van der Waals surface area contributed by atoms with E-state index in [2.05, 4.69) is 19.1 Å². The molecule has 3 heteroatoms. The molecule has 1 N–H and O–H groups in total. The zero-order valence-corrected chi connectivity index (χ0v) is 14.1. The molecule has 0 saturated heterocycles. The Morgan fingerprint density at radius 1 is 0.727 bits per heavy atom. The molecule has 0 heterocycles. The van der Waals surface area contributed by atoms with Crippen LogP contribution in [-0.4, -0.2) is 16.9 Å². The number of carbonyl (C=O) groups is 2. The highest BCUT2D eigenvalue weighted by Crippen LogP contribution is 2.05. The molecule has 0 aliphatic rings. The molecule has 0 aliphatic carbocycles. The summed E-state index contributed by atoms with van der Waals surface area (Å²) in [6.07, 6.45) is 19.1. The van der Waals surface area contributed by atoms with Gasteiger partial charge < -0.3 is 5.11 Å². The number of carbonyl (C=O) groups excluding carboxylic acids is 1. The molecule has 0 aromatic carbocycles. The number of hydrogen-bond donors (Lipinski definition) is 1. The Bertz CT molecular complexity index is 343. The summed E-state index contributed by atoms with van der Waals surface area (Å²) in [5.41, 5.74) is 0. The van der Waals surface area contributed by atoms with Crippen molar-refractivity contribution in [2.24, 2.45) is 0 Å². The van der Waals surface area contributed by atoms with Crippen molar-refractivity contribution in [3.63, 3.8) is 0 Å². The molecule has 0 rings (SSSR count). The molecule has 0 spiro atoms. The first-order valence-corrected chi connectivity index (χ1v) is 8.70. The monoisotopic (exact) mass is 308 g/mol. The average Bonchev–Trinajstić information content (AvgIpc) is 2.48. The van der Waals surface area contributed by atoms with Crippen LogP contribution in [0.2, 0.25) is 0 Å². The van der Waals surface area contributed by atoms with E-state index in [-0.39, 0.29) is 6.42 Å². The normalized spacial score (nSPS) is 11.5. The van der Waals surface area contributed by atoms with Crippen LogP contribution in [0.3, 0.4) is 0 Å². The van der Waals surface area contributed by atoms with Crippen molar-refractivity contribution < 1.29 is 14.7 Å². The van der Waals surface area contributed by atoms with Crippen molar-refractivity contribution in [1.29, 1.82) is 0 Å². The maximum Gasteiger partial charge on any atom is 0.303 e. The minimum absolute atomic E-state index is 0.216. The van der Waals surface area contributed by atoms with Gasteiger partial charge in [-0.25, -0.2) is 0 Å². The smallest absolute Gasteiger partial charge is 0.303 e. The molecule has 0 radical (unpaired) electrons. The zero-order valence-electron chi connectivity index (χ0n) is 14.1. The van der Waals surface area contributed by atoms with Gasteiger partial charge in [0.05, 0.1) is 0 Å². The summed E-state index contributed by atoms with van der Waals surface area (Å²) < 4.78 is 0. The summed E-state index contributed by atoms with van der Waals surface area (Å²) in [4.78, 5) is 22.0. The zero-order chi connectivity index (χ0) is 16.5. The summed E-state index contributed by atoms with van der Waals surface area (Å²) in [6, 6.07) is 0. The Morgan fingerprint density at radius 3 is 1.82 bits per heavy atom. The predicted molar refractivity (Wildman–Crippen MR) is 92.0 cm³/mol. The number of aliphatic carboxylic acids is 1. The third-order valence-corrected chi connectivity index (χ3v) is 3.50.